The van der Waals surface area contributed by atoms with Gasteiger partial charge in [-0.25, -0.2) is 4.98 Å². The van der Waals surface area contributed by atoms with Crippen LogP contribution in [0.5, 0.6) is 0 Å². The second-order valence-corrected chi connectivity index (χ2v) is 5.16. The van der Waals surface area contributed by atoms with E-state index in [1.54, 1.807) is 4.90 Å². The summed E-state index contributed by atoms with van der Waals surface area (Å²) in [6, 6.07) is 2.91. The van der Waals surface area contributed by atoms with Crippen LogP contribution in [0.2, 0.25) is 5.15 Å². The van der Waals surface area contributed by atoms with Gasteiger partial charge < -0.3 is 14.9 Å². The lowest BCUT2D eigenvalue weighted by Gasteiger charge is -2.35. The minimum Gasteiger partial charge on any atom is -0.378 e. The predicted octanol–water partition coefficient (Wildman–Crippen LogP) is 2.08. The highest BCUT2D eigenvalue weighted by atomic mass is 35.5. The summed E-state index contributed by atoms with van der Waals surface area (Å²) in [5, 5.41) is 9.39. The second kappa shape index (κ2) is 5.75. The maximum atomic E-state index is 12.7. The van der Waals surface area contributed by atoms with Gasteiger partial charge in [0.1, 0.15) is 10.8 Å². The average Bonchev–Trinajstić information content (AvgIpc) is 2.38. The predicted molar refractivity (Wildman–Crippen MR) is 70.0 cm³/mol. The van der Waals surface area contributed by atoms with Crippen LogP contribution in [-0.2, 0) is 0 Å². The molecular formula is C12H15ClF3N3O. The maximum absolute atomic E-state index is 12.7. The van der Waals surface area contributed by atoms with Crippen LogP contribution in [0.15, 0.2) is 12.1 Å². The van der Waals surface area contributed by atoms with Crippen LogP contribution in [0.1, 0.15) is 11.8 Å². The number of aromatic nitrogens is 1. The molecule has 1 N–H and O–H groups in total. The van der Waals surface area contributed by atoms with Gasteiger partial charge in [-0.2, -0.15) is 13.2 Å². The van der Waals surface area contributed by atoms with E-state index in [0.29, 0.717) is 13.1 Å². The van der Waals surface area contributed by atoms with E-state index in [1.165, 1.54) is 12.1 Å². The second-order valence-electron chi connectivity index (χ2n) is 4.77. The summed E-state index contributed by atoms with van der Waals surface area (Å²) < 4.78 is 38.1. The molecule has 1 atom stereocenters. The van der Waals surface area contributed by atoms with Crippen molar-refractivity contribution in [3.05, 3.63) is 23.0 Å². The topological polar surface area (TPSA) is 39.6 Å². The Hall–Kier alpha value is -1.05. The Bertz CT molecular complexity index is 476. The molecule has 1 aliphatic heterocycles. The van der Waals surface area contributed by atoms with Crippen LogP contribution < -0.4 is 4.90 Å². The van der Waals surface area contributed by atoms with Crippen LogP contribution in [0, 0.1) is 0 Å². The number of hydrogen-bond acceptors (Lipinski definition) is 4. The zero-order valence-corrected chi connectivity index (χ0v) is 11.6. The Kier molecular flexibility index (Phi) is 4.41. The third-order valence-electron chi connectivity index (χ3n) is 3.28. The van der Waals surface area contributed by atoms with Crippen molar-refractivity contribution in [1.29, 1.82) is 0 Å². The number of nitrogens with zero attached hydrogens (tertiary/aromatic N) is 3. The summed E-state index contributed by atoms with van der Waals surface area (Å²) in [7, 11) is 1.95. The average molecular weight is 310 g/mol. The number of anilines is 1. The number of pyridine rings is 1. The quantitative estimate of drug-likeness (QED) is 0.849. The Balaban J connectivity index is 2.33. The summed E-state index contributed by atoms with van der Waals surface area (Å²) in [6.07, 6.45) is -7.39. The molecule has 112 valence electrons. The van der Waals surface area contributed by atoms with Crippen molar-refractivity contribution in [2.45, 2.75) is 12.3 Å². The standard InChI is InChI=1S/C12H15ClF3N3O/c1-18-4-6-19(7-5-18)8-2-3-9(13)17-10(8)11(20)12(14,15)16/h2-3,11,20H,4-7H2,1H3. The van der Waals surface area contributed by atoms with Gasteiger partial charge in [0.25, 0.3) is 0 Å². The number of alkyl halides is 3. The fraction of sp³-hybridized carbons (Fsp3) is 0.583. The van der Waals surface area contributed by atoms with Crippen LogP contribution >= 0.6 is 11.6 Å². The summed E-state index contributed by atoms with van der Waals surface area (Å²) in [5.74, 6) is 0. The molecule has 0 amide bonds. The first-order valence-corrected chi connectivity index (χ1v) is 6.51. The van der Waals surface area contributed by atoms with Gasteiger partial charge in [-0.05, 0) is 19.2 Å². The molecule has 2 heterocycles. The van der Waals surface area contributed by atoms with E-state index >= 15 is 0 Å². The third kappa shape index (κ3) is 3.34. The van der Waals surface area contributed by atoms with Crippen LogP contribution in [0.4, 0.5) is 18.9 Å². The number of halogens is 4. The van der Waals surface area contributed by atoms with Crippen molar-refractivity contribution < 1.29 is 18.3 Å². The zero-order chi connectivity index (χ0) is 14.9. The molecule has 0 aliphatic carbocycles. The highest BCUT2D eigenvalue weighted by molar-refractivity contribution is 6.29. The first kappa shape index (κ1) is 15.3. The van der Waals surface area contributed by atoms with Gasteiger partial charge in [-0.15, -0.1) is 0 Å². The smallest absolute Gasteiger partial charge is 0.378 e. The van der Waals surface area contributed by atoms with Gasteiger partial charge in [0.2, 0.25) is 0 Å². The maximum Gasteiger partial charge on any atom is 0.420 e. The molecule has 1 unspecified atom stereocenters. The molecule has 2 rings (SSSR count). The monoisotopic (exact) mass is 309 g/mol. The highest BCUT2D eigenvalue weighted by Gasteiger charge is 2.42. The van der Waals surface area contributed by atoms with E-state index in [1.807, 2.05) is 7.05 Å². The lowest BCUT2D eigenvalue weighted by molar-refractivity contribution is -0.207. The molecule has 0 radical (unpaired) electrons. The first-order valence-electron chi connectivity index (χ1n) is 6.14. The minimum absolute atomic E-state index is 0.0684. The minimum atomic E-state index is -4.76. The molecule has 0 spiro atoms. The molecule has 0 aromatic carbocycles. The van der Waals surface area contributed by atoms with Crippen molar-refractivity contribution in [2.75, 3.05) is 38.1 Å². The van der Waals surface area contributed by atoms with E-state index in [0.717, 1.165) is 13.1 Å². The molecule has 20 heavy (non-hydrogen) atoms. The lowest BCUT2D eigenvalue weighted by Crippen LogP contribution is -2.45. The fourth-order valence-electron chi connectivity index (χ4n) is 2.11. The molecule has 0 bridgehead atoms. The zero-order valence-electron chi connectivity index (χ0n) is 10.9. The van der Waals surface area contributed by atoms with Crippen LogP contribution in [0.3, 0.4) is 0 Å². The number of likely N-dealkylation sites (N-methyl/N-ethyl adjacent to an activating group) is 1. The number of rotatable bonds is 2. The van der Waals surface area contributed by atoms with E-state index in [4.69, 9.17) is 11.6 Å². The molecular weight excluding hydrogens is 295 g/mol. The first-order chi connectivity index (χ1) is 9.29. The molecule has 1 fully saturated rings. The van der Waals surface area contributed by atoms with E-state index in [9.17, 15) is 18.3 Å². The van der Waals surface area contributed by atoms with Gasteiger partial charge in [-0.3, -0.25) is 0 Å². The van der Waals surface area contributed by atoms with Crippen LogP contribution in [-0.4, -0.2) is 54.4 Å². The van der Waals surface area contributed by atoms with Crippen molar-refractivity contribution in [3.63, 3.8) is 0 Å². The number of aliphatic hydroxyl groups is 1. The normalized spacial score (nSPS) is 19.2. The molecule has 4 nitrogen and oxygen atoms in total. The van der Waals surface area contributed by atoms with E-state index < -0.39 is 18.0 Å². The SMILES string of the molecule is CN1CCN(c2ccc(Cl)nc2C(O)C(F)(F)F)CC1. The highest BCUT2D eigenvalue weighted by Crippen LogP contribution is 2.37. The Morgan fingerprint density at radius 2 is 1.85 bits per heavy atom. The van der Waals surface area contributed by atoms with Gasteiger partial charge >= 0.3 is 6.18 Å². The van der Waals surface area contributed by atoms with Gasteiger partial charge in [0.15, 0.2) is 6.10 Å². The molecule has 1 aromatic rings. The van der Waals surface area contributed by atoms with Crippen molar-refractivity contribution in [1.82, 2.24) is 9.88 Å². The molecule has 1 aromatic heterocycles. The van der Waals surface area contributed by atoms with E-state index in [-0.39, 0.29) is 10.8 Å². The molecule has 8 heteroatoms. The lowest BCUT2D eigenvalue weighted by atomic mass is 10.1. The van der Waals surface area contributed by atoms with Crippen molar-refractivity contribution in [2.24, 2.45) is 0 Å². The van der Waals surface area contributed by atoms with Crippen LogP contribution in [0.25, 0.3) is 0 Å². The molecule has 0 saturated carbocycles. The van der Waals surface area contributed by atoms with Crippen molar-refractivity contribution in [3.8, 4) is 0 Å². The number of piperazine rings is 1. The largest absolute Gasteiger partial charge is 0.420 e. The van der Waals surface area contributed by atoms with Gasteiger partial charge in [0, 0.05) is 26.2 Å². The van der Waals surface area contributed by atoms with E-state index in [2.05, 4.69) is 9.88 Å². The Labute approximate surface area is 119 Å². The van der Waals surface area contributed by atoms with Crippen molar-refractivity contribution >= 4 is 17.3 Å². The molecule has 1 aliphatic rings. The Morgan fingerprint density at radius 3 is 2.40 bits per heavy atom. The number of aliphatic hydroxyl groups excluding tert-OH is 1. The summed E-state index contributed by atoms with van der Waals surface area (Å²) in [4.78, 5) is 7.54. The van der Waals surface area contributed by atoms with Gasteiger partial charge in [-0.1, -0.05) is 11.6 Å². The summed E-state index contributed by atoms with van der Waals surface area (Å²) in [5.41, 5.74) is -0.151. The molecule has 1 saturated heterocycles. The Morgan fingerprint density at radius 1 is 1.25 bits per heavy atom. The van der Waals surface area contributed by atoms with Gasteiger partial charge in [0.05, 0.1) is 5.69 Å². The third-order valence-corrected chi connectivity index (χ3v) is 3.49. The summed E-state index contributed by atoms with van der Waals surface area (Å²) >= 11 is 5.66. The fourth-order valence-corrected chi connectivity index (χ4v) is 2.27. The summed E-state index contributed by atoms with van der Waals surface area (Å²) in [6.45, 7) is 2.64. The number of hydrogen-bond donors (Lipinski definition) is 1.